The number of aryl methyl sites for hydroxylation is 1. The zero-order valence-electron chi connectivity index (χ0n) is 19.1. The van der Waals surface area contributed by atoms with E-state index in [4.69, 9.17) is 16.7 Å². The normalized spacial score (nSPS) is 15.9. The summed E-state index contributed by atoms with van der Waals surface area (Å²) in [6.45, 7) is 4.55. The molecule has 0 saturated carbocycles. The SMILES string of the molecule is CC1=C(c2nc(-c3cccc(F)c3)no2)C(c2ccc(F)cc2)NC(=S)N1Cc1ccccc1C. The van der Waals surface area contributed by atoms with Crippen LogP contribution in [0.15, 0.2) is 83.0 Å². The Kier molecular flexibility index (Phi) is 6.13. The monoisotopic (exact) mass is 488 g/mol. The van der Waals surface area contributed by atoms with E-state index in [-0.39, 0.29) is 23.3 Å². The molecule has 3 aromatic carbocycles. The van der Waals surface area contributed by atoms with Gasteiger partial charge in [-0.05, 0) is 67.0 Å². The molecule has 176 valence electrons. The van der Waals surface area contributed by atoms with Crippen LogP contribution in [-0.2, 0) is 6.54 Å². The summed E-state index contributed by atoms with van der Waals surface area (Å²) in [5, 5.41) is 8.00. The lowest BCUT2D eigenvalue weighted by Crippen LogP contribution is -2.45. The first-order chi connectivity index (χ1) is 16.9. The molecule has 1 atom stereocenters. The average Bonchev–Trinajstić information content (AvgIpc) is 3.33. The fourth-order valence-corrected chi connectivity index (χ4v) is 4.51. The van der Waals surface area contributed by atoms with Gasteiger partial charge in [0.2, 0.25) is 5.82 Å². The molecule has 1 aliphatic heterocycles. The Morgan fingerprint density at radius 1 is 0.971 bits per heavy atom. The number of benzene rings is 3. The lowest BCUT2D eigenvalue weighted by Gasteiger charge is -2.37. The first-order valence-electron chi connectivity index (χ1n) is 11.1. The molecule has 0 amide bonds. The van der Waals surface area contributed by atoms with Gasteiger partial charge in [-0.15, -0.1) is 0 Å². The van der Waals surface area contributed by atoms with Crippen molar-refractivity contribution < 1.29 is 13.3 Å². The van der Waals surface area contributed by atoms with Crippen molar-refractivity contribution in [1.29, 1.82) is 0 Å². The summed E-state index contributed by atoms with van der Waals surface area (Å²) >= 11 is 5.75. The molecule has 0 spiro atoms. The Morgan fingerprint density at radius 2 is 1.74 bits per heavy atom. The second-order valence-corrected chi connectivity index (χ2v) is 8.77. The number of allylic oxidation sites excluding steroid dienone is 1. The third-order valence-corrected chi connectivity index (χ3v) is 6.47. The first-order valence-corrected chi connectivity index (χ1v) is 11.5. The Hall–Kier alpha value is -3.91. The van der Waals surface area contributed by atoms with Gasteiger partial charge in [0.05, 0.1) is 18.2 Å². The van der Waals surface area contributed by atoms with Crippen LogP contribution in [0.2, 0.25) is 0 Å². The predicted octanol–water partition coefficient (Wildman–Crippen LogP) is 6.19. The van der Waals surface area contributed by atoms with Gasteiger partial charge in [-0.1, -0.05) is 53.7 Å². The van der Waals surface area contributed by atoms with Gasteiger partial charge >= 0.3 is 0 Å². The zero-order valence-corrected chi connectivity index (χ0v) is 19.9. The summed E-state index contributed by atoms with van der Waals surface area (Å²) in [4.78, 5) is 6.57. The van der Waals surface area contributed by atoms with Gasteiger partial charge in [0.1, 0.15) is 11.6 Å². The van der Waals surface area contributed by atoms with E-state index in [1.54, 1.807) is 24.3 Å². The van der Waals surface area contributed by atoms with Crippen molar-refractivity contribution in [3.05, 3.63) is 113 Å². The van der Waals surface area contributed by atoms with Crippen LogP contribution < -0.4 is 5.32 Å². The topological polar surface area (TPSA) is 54.2 Å². The van der Waals surface area contributed by atoms with E-state index in [1.165, 1.54) is 24.3 Å². The lowest BCUT2D eigenvalue weighted by atomic mass is 9.94. The average molecular weight is 489 g/mol. The van der Waals surface area contributed by atoms with E-state index >= 15 is 0 Å². The van der Waals surface area contributed by atoms with Crippen molar-refractivity contribution in [2.75, 3.05) is 0 Å². The van der Waals surface area contributed by atoms with Crippen molar-refractivity contribution >= 4 is 22.9 Å². The van der Waals surface area contributed by atoms with Crippen LogP contribution in [0.3, 0.4) is 0 Å². The number of nitrogens with zero attached hydrogens (tertiary/aromatic N) is 3. The van der Waals surface area contributed by atoms with E-state index < -0.39 is 6.04 Å². The molecule has 1 aliphatic rings. The molecule has 1 N–H and O–H groups in total. The standard InChI is InChI=1S/C27H22F2N4OS/c1-16-6-3-4-7-20(16)15-33-17(2)23(24(30-27(33)35)18-10-12-21(28)13-11-18)26-31-25(32-34-26)19-8-5-9-22(29)14-19/h3-14,24H,15H2,1-2H3,(H,30,35). The molecule has 8 heteroatoms. The third-order valence-electron chi connectivity index (χ3n) is 6.13. The van der Waals surface area contributed by atoms with Crippen LogP contribution in [-0.4, -0.2) is 20.2 Å². The van der Waals surface area contributed by atoms with E-state index in [1.807, 2.05) is 24.0 Å². The minimum Gasteiger partial charge on any atom is -0.351 e. The number of thiocarbonyl (C=S) groups is 1. The molecule has 0 fully saturated rings. The molecular weight excluding hydrogens is 466 g/mol. The Balaban J connectivity index is 1.61. The summed E-state index contributed by atoms with van der Waals surface area (Å²) in [7, 11) is 0. The van der Waals surface area contributed by atoms with Gasteiger partial charge in [0, 0.05) is 11.3 Å². The predicted molar refractivity (Wildman–Crippen MR) is 134 cm³/mol. The molecule has 0 radical (unpaired) electrons. The van der Waals surface area contributed by atoms with Crippen LogP contribution in [0, 0.1) is 18.6 Å². The van der Waals surface area contributed by atoms with Crippen LogP contribution in [0.4, 0.5) is 8.78 Å². The molecule has 0 saturated heterocycles. The van der Waals surface area contributed by atoms with Crippen molar-refractivity contribution in [3.8, 4) is 11.4 Å². The highest BCUT2D eigenvalue weighted by atomic mass is 32.1. The van der Waals surface area contributed by atoms with Gasteiger partial charge < -0.3 is 14.7 Å². The van der Waals surface area contributed by atoms with Gasteiger partial charge in [-0.25, -0.2) is 8.78 Å². The lowest BCUT2D eigenvalue weighted by molar-refractivity contribution is 0.396. The molecule has 0 bridgehead atoms. The minimum absolute atomic E-state index is 0.274. The number of nitrogens with one attached hydrogen (secondary N) is 1. The highest BCUT2D eigenvalue weighted by molar-refractivity contribution is 7.80. The minimum atomic E-state index is -0.433. The second kappa shape index (κ2) is 9.38. The zero-order chi connectivity index (χ0) is 24.5. The van der Waals surface area contributed by atoms with Crippen LogP contribution >= 0.6 is 12.2 Å². The maximum Gasteiger partial charge on any atom is 0.258 e. The quantitative estimate of drug-likeness (QED) is 0.338. The summed E-state index contributed by atoms with van der Waals surface area (Å²) < 4.78 is 33.1. The molecule has 2 heterocycles. The van der Waals surface area contributed by atoms with Gasteiger partial charge in [-0.2, -0.15) is 4.98 Å². The van der Waals surface area contributed by atoms with Crippen molar-refractivity contribution in [2.45, 2.75) is 26.4 Å². The number of aromatic nitrogens is 2. The molecule has 35 heavy (non-hydrogen) atoms. The Bertz CT molecular complexity index is 1430. The highest BCUT2D eigenvalue weighted by Crippen LogP contribution is 2.38. The molecule has 5 rings (SSSR count). The van der Waals surface area contributed by atoms with E-state index in [0.29, 0.717) is 22.8 Å². The summed E-state index contributed by atoms with van der Waals surface area (Å²) in [6, 6.07) is 19.9. The van der Waals surface area contributed by atoms with Gasteiger partial charge in [0.15, 0.2) is 5.11 Å². The van der Waals surface area contributed by atoms with Gasteiger partial charge in [0.25, 0.3) is 5.89 Å². The highest BCUT2D eigenvalue weighted by Gasteiger charge is 2.34. The number of rotatable bonds is 5. The fourth-order valence-electron chi connectivity index (χ4n) is 4.19. The van der Waals surface area contributed by atoms with Crippen molar-refractivity contribution in [1.82, 2.24) is 20.4 Å². The maximum atomic E-state index is 13.8. The van der Waals surface area contributed by atoms with E-state index in [2.05, 4.69) is 34.5 Å². The summed E-state index contributed by atoms with van der Waals surface area (Å²) in [6.07, 6.45) is 0. The molecule has 4 aromatic rings. The smallest absolute Gasteiger partial charge is 0.258 e. The largest absolute Gasteiger partial charge is 0.351 e. The number of halogens is 2. The Labute approximate surface area is 207 Å². The molecule has 0 aliphatic carbocycles. The molecule has 1 unspecified atom stereocenters. The van der Waals surface area contributed by atoms with Crippen LogP contribution in [0.25, 0.3) is 17.0 Å². The molecular formula is C27H22F2N4OS. The molecule has 5 nitrogen and oxygen atoms in total. The number of hydrogen-bond donors (Lipinski definition) is 1. The first kappa shape index (κ1) is 22.9. The van der Waals surface area contributed by atoms with Crippen molar-refractivity contribution in [3.63, 3.8) is 0 Å². The van der Waals surface area contributed by atoms with E-state index in [9.17, 15) is 8.78 Å². The van der Waals surface area contributed by atoms with Crippen LogP contribution in [0.5, 0.6) is 0 Å². The third kappa shape index (κ3) is 4.57. The summed E-state index contributed by atoms with van der Waals surface area (Å²) in [5.74, 6) is -0.165. The van der Waals surface area contributed by atoms with Crippen LogP contribution in [0.1, 0.15) is 35.5 Å². The van der Waals surface area contributed by atoms with Crippen molar-refractivity contribution in [2.24, 2.45) is 0 Å². The maximum absolute atomic E-state index is 13.8. The Morgan fingerprint density at radius 3 is 2.49 bits per heavy atom. The fraction of sp³-hybridized carbons (Fsp3) is 0.148. The number of hydrogen-bond acceptors (Lipinski definition) is 4. The summed E-state index contributed by atoms with van der Waals surface area (Å²) in [5.41, 5.74) is 5.13. The van der Waals surface area contributed by atoms with Gasteiger partial charge in [-0.3, -0.25) is 0 Å². The van der Waals surface area contributed by atoms with E-state index in [0.717, 1.165) is 22.4 Å². The second-order valence-electron chi connectivity index (χ2n) is 8.38. The molecule has 1 aromatic heterocycles.